The van der Waals surface area contributed by atoms with E-state index in [0.29, 0.717) is 24.2 Å². The molecule has 3 aliphatic carbocycles. The molecule has 0 spiro atoms. The monoisotopic (exact) mass is 336 g/mol. The van der Waals surface area contributed by atoms with E-state index in [-0.39, 0.29) is 30.4 Å². The Labute approximate surface area is 145 Å². The van der Waals surface area contributed by atoms with E-state index in [1.54, 1.807) is 6.92 Å². The molecule has 3 rings (SSSR count). The minimum atomic E-state index is -0.500. The molecule has 5 atom stereocenters. The summed E-state index contributed by atoms with van der Waals surface area (Å²) in [6.07, 6.45) is 10.00. The number of hydrogen-bond acceptors (Lipinski definition) is 3. The second-order valence-electron chi connectivity index (χ2n) is 8.21. The molecule has 0 aliphatic heterocycles. The van der Waals surface area contributed by atoms with Gasteiger partial charge in [0.2, 0.25) is 11.8 Å². The lowest BCUT2D eigenvalue weighted by Gasteiger charge is -2.31. The molecule has 2 bridgehead atoms. The van der Waals surface area contributed by atoms with Crippen molar-refractivity contribution >= 4 is 11.8 Å². The highest BCUT2D eigenvalue weighted by atomic mass is 16.3. The molecular weight excluding hydrogens is 304 g/mol. The van der Waals surface area contributed by atoms with Crippen LogP contribution in [0.1, 0.15) is 64.7 Å². The Morgan fingerprint density at radius 1 is 1.08 bits per heavy atom. The lowest BCUT2D eigenvalue weighted by atomic mass is 9.85. The highest BCUT2D eigenvalue weighted by Gasteiger charge is 2.47. The lowest BCUT2D eigenvalue weighted by Crippen LogP contribution is -2.52. The maximum Gasteiger partial charge on any atom is 0.242 e. The van der Waals surface area contributed by atoms with Crippen molar-refractivity contribution in [3.63, 3.8) is 0 Å². The SMILES string of the molecule is CC(NC(=O)CC1CCCCC1)C(=O)NC1C2CCC(C2)C1CO. The number of aliphatic hydroxyl groups is 1. The van der Waals surface area contributed by atoms with Gasteiger partial charge in [0, 0.05) is 25.0 Å². The van der Waals surface area contributed by atoms with Crippen molar-refractivity contribution in [2.75, 3.05) is 6.61 Å². The second-order valence-corrected chi connectivity index (χ2v) is 8.21. The molecule has 0 radical (unpaired) electrons. The largest absolute Gasteiger partial charge is 0.396 e. The van der Waals surface area contributed by atoms with Crippen LogP contribution < -0.4 is 10.6 Å². The average Bonchev–Trinajstić information content (AvgIpc) is 3.16. The third-order valence-electron chi connectivity index (χ3n) is 6.58. The van der Waals surface area contributed by atoms with Crippen LogP contribution in [0.15, 0.2) is 0 Å². The van der Waals surface area contributed by atoms with E-state index in [2.05, 4.69) is 10.6 Å². The molecule has 0 heterocycles. The number of rotatable bonds is 6. The Kier molecular flexibility index (Phi) is 5.80. The zero-order valence-electron chi connectivity index (χ0n) is 14.8. The summed E-state index contributed by atoms with van der Waals surface area (Å²) in [7, 11) is 0. The van der Waals surface area contributed by atoms with Gasteiger partial charge in [0.05, 0.1) is 0 Å². The van der Waals surface area contributed by atoms with Gasteiger partial charge in [-0.3, -0.25) is 9.59 Å². The standard InChI is InChI=1S/C19H32N2O3/c1-12(20-17(23)9-13-5-3-2-4-6-13)19(24)21-18-15-8-7-14(10-15)16(18)11-22/h12-16,18,22H,2-11H2,1H3,(H,20,23)(H,21,24). The highest BCUT2D eigenvalue weighted by Crippen LogP contribution is 2.48. The van der Waals surface area contributed by atoms with Crippen molar-refractivity contribution in [1.82, 2.24) is 10.6 Å². The lowest BCUT2D eigenvalue weighted by molar-refractivity contribution is -0.130. The Balaban J connectivity index is 1.45. The van der Waals surface area contributed by atoms with E-state index >= 15 is 0 Å². The summed E-state index contributed by atoms with van der Waals surface area (Å²) in [6, 6.07) is -0.418. The van der Waals surface area contributed by atoms with E-state index < -0.39 is 6.04 Å². The first-order valence-corrected chi connectivity index (χ1v) is 9.79. The zero-order valence-corrected chi connectivity index (χ0v) is 14.8. The average molecular weight is 336 g/mol. The van der Waals surface area contributed by atoms with Gasteiger partial charge in [0.15, 0.2) is 0 Å². The second kappa shape index (κ2) is 7.85. The molecule has 136 valence electrons. The molecule has 0 aromatic rings. The number of nitrogens with one attached hydrogen (secondary N) is 2. The van der Waals surface area contributed by atoms with Crippen LogP contribution in [0.2, 0.25) is 0 Å². The maximum absolute atomic E-state index is 12.5. The van der Waals surface area contributed by atoms with E-state index in [0.717, 1.165) is 25.7 Å². The fraction of sp³-hybridized carbons (Fsp3) is 0.895. The molecule has 24 heavy (non-hydrogen) atoms. The molecule has 2 amide bonds. The number of carbonyl (C=O) groups excluding carboxylic acids is 2. The predicted octanol–water partition coefficient (Wildman–Crippen LogP) is 1.98. The Hall–Kier alpha value is -1.10. The highest BCUT2D eigenvalue weighted by molar-refractivity contribution is 5.87. The normalized spacial score (nSPS) is 34.1. The van der Waals surface area contributed by atoms with Gasteiger partial charge in [-0.1, -0.05) is 19.3 Å². The third kappa shape index (κ3) is 3.93. The van der Waals surface area contributed by atoms with Crippen molar-refractivity contribution in [3.05, 3.63) is 0 Å². The van der Waals surface area contributed by atoms with Gasteiger partial charge in [-0.15, -0.1) is 0 Å². The Morgan fingerprint density at radius 3 is 2.50 bits per heavy atom. The van der Waals surface area contributed by atoms with Gasteiger partial charge in [-0.25, -0.2) is 0 Å². The number of amides is 2. The molecule has 0 saturated heterocycles. The number of fused-ring (bicyclic) bond motifs is 2. The number of carbonyl (C=O) groups is 2. The maximum atomic E-state index is 12.5. The zero-order chi connectivity index (χ0) is 17.1. The molecular formula is C19H32N2O3. The summed E-state index contributed by atoms with van der Waals surface area (Å²) in [4.78, 5) is 24.6. The molecule has 5 nitrogen and oxygen atoms in total. The van der Waals surface area contributed by atoms with Crippen molar-refractivity contribution in [3.8, 4) is 0 Å². The number of aliphatic hydroxyl groups excluding tert-OH is 1. The third-order valence-corrected chi connectivity index (χ3v) is 6.58. The summed E-state index contributed by atoms with van der Waals surface area (Å²) < 4.78 is 0. The minimum Gasteiger partial charge on any atom is -0.396 e. The predicted molar refractivity (Wildman–Crippen MR) is 92.1 cm³/mol. The molecule has 3 N–H and O–H groups in total. The van der Waals surface area contributed by atoms with Crippen LogP contribution in [0.3, 0.4) is 0 Å². The van der Waals surface area contributed by atoms with Gasteiger partial charge in [0.25, 0.3) is 0 Å². The van der Waals surface area contributed by atoms with Crippen molar-refractivity contribution in [2.45, 2.75) is 76.8 Å². The molecule has 5 unspecified atom stereocenters. The molecule has 5 heteroatoms. The van der Waals surface area contributed by atoms with Gasteiger partial charge in [0.1, 0.15) is 6.04 Å². The molecule has 0 aromatic carbocycles. The van der Waals surface area contributed by atoms with Crippen LogP contribution in [0.5, 0.6) is 0 Å². The van der Waals surface area contributed by atoms with E-state index in [1.807, 2.05) is 0 Å². The molecule has 0 aromatic heterocycles. The summed E-state index contributed by atoms with van der Waals surface area (Å²) in [6.45, 7) is 1.91. The Morgan fingerprint density at radius 2 is 1.79 bits per heavy atom. The van der Waals surface area contributed by atoms with Crippen LogP contribution in [0, 0.1) is 23.7 Å². The fourth-order valence-electron chi connectivity index (χ4n) is 5.21. The van der Waals surface area contributed by atoms with Crippen LogP contribution in [-0.2, 0) is 9.59 Å². The van der Waals surface area contributed by atoms with Gasteiger partial charge >= 0.3 is 0 Å². The molecule has 3 saturated carbocycles. The summed E-state index contributed by atoms with van der Waals surface area (Å²) in [5.74, 6) is 1.62. The first-order chi connectivity index (χ1) is 11.6. The summed E-state index contributed by atoms with van der Waals surface area (Å²) >= 11 is 0. The van der Waals surface area contributed by atoms with Crippen LogP contribution in [-0.4, -0.2) is 35.6 Å². The minimum absolute atomic E-state index is 0.00352. The van der Waals surface area contributed by atoms with Crippen LogP contribution >= 0.6 is 0 Å². The van der Waals surface area contributed by atoms with Crippen LogP contribution in [0.4, 0.5) is 0 Å². The van der Waals surface area contributed by atoms with Crippen LogP contribution in [0.25, 0.3) is 0 Å². The van der Waals surface area contributed by atoms with Crippen molar-refractivity contribution < 1.29 is 14.7 Å². The summed E-state index contributed by atoms with van der Waals surface area (Å²) in [5.41, 5.74) is 0. The summed E-state index contributed by atoms with van der Waals surface area (Å²) in [5, 5.41) is 15.6. The molecule has 3 fully saturated rings. The first-order valence-electron chi connectivity index (χ1n) is 9.79. The Bertz CT molecular complexity index is 462. The molecule has 3 aliphatic rings. The quantitative estimate of drug-likeness (QED) is 0.694. The topological polar surface area (TPSA) is 78.4 Å². The van der Waals surface area contributed by atoms with E-state index in [1.165, 1.54) is 25.7 Å². The first kappa shape index (κ1) is 17.7. The van der Waals surface area contributed by atoms with Crippen molar-refractivity contribution in [1.29, 1.82) is 0 Å². The van der Waals surface area contributed by atoms with Gasteiger partial charge in [-0.05, 0) is 56.8 Å². The van der Waals surface area contributed by atoms with Gasteiger partial charge in [-0.2, -0.15) is 0 Å². The van der Waals surface area contributed by atoms with Crippen molar-refractivity contribution in [2.24, 2.45) is 23.7 Å². The number of hydrogen-bond donors (Lipinski definition) is 3. The smallest absolute Gasteiger partial charge is 0.242 e. The van der Waals surface area contributed by atoms with E-state index in [9.17, 15) is 14.7 Å². The fourth-order valence-corrected chi connectivity index (χ4v) is 5.21. The van der Waals surface area contributed by atoms with Gasteiger partial charge < -0.3 is 15.7 Å². The van der Waals surface area contributed by atoms with E-state index in [4.69, 9.17) is 0 Å².